The number of carbonyl (C=O) groups is 1. The minimum absolute atomic E-state index is 0.195. The third-order valence-electron chi connectivity index (χ3n) is 3.61. The average Bonchev–Trinajstić information content (AvgIpc) is 2.75. The molecule has 2 rings (SSSR count). The molecule has 0 radical (unpaired) electrons. The van der Waals surface area contributed by atoms with Crippen molar-refractivity contribution in [3.8, 4) is 0 Å². The lowest BCUT2D eigenvalue weighted by Crippen LogP contribution is -2.36. The minimum atomic E-state index is 0.195. The van der Waals surface area contributed by atoms with E-state index in [1.807, 2.05) is 0 Å². The van der Waals surface area contributed by atoms with Gasteiger partial charge in [-0.05, 0) is 56.0 Å². The van der Waals surface area contributed by atoms with E-state index in [1.165, 1.54) is 16.0 Å². The second-order valence-corrected chi connectivity index (χ2v) is 6.12. The molecule has 1 aliphatic carbocycles. The molecular formula is C15H21NOS. The smallest absolute Gasteiger partial charge is 0.220 e. The van der Waals surface area contributed by atoms with Crippen LogP contribution in [0.5, 0.6) is 0 Å². The maximum Gasteiger partial charge on any atom is 0.220 e. The number of nitrogens with one attached hydrogen (secondary N) is 1. The number of rotatable bonds is 4. The standard InChI is InChI=1S/C15H21NOS/c1-11-3-5-13(6-4-11)16-15(17)8-7-14-12(2)9-10-18-14/h9-10,13H,1,3-8H2,2H3,(H,16,17). The molecule has 1 heterocycles. The highest BCUT2D eigenvalue weighted by Gasteiger charge is 2.17. The summed E-state index contributed by atoms with van der Waals surface area (Å²) in [6, 6.07) is 2.48. The topological polar surface area (TPSA) is 29.1 Å². The van der Waals surface area contributed by atoms with Crippen molar-refractivity contribution in [3.63, 3.8) is 0 Å². The first-order valence-corrected chi connectivity index (χ1v) is 7.52. The first-order chi connectivity index (χ1) is 8.65. The van der Waals surface area contributed by atoms with Crippen LogP contribution in [-0.2, 0) is 11.2 Å². The molecule has 1 aromatic heterocycles. The van der Waals surface area contributed by atoms with Gasteiger partial charge in [-0.2, -0.15) is 0 Å². The number of thiophene rings is 1. The molecule has 3 heteroatoms. The fourth-order valence-electron chi connectivity index (χ4n) is 2.36. The van der Waals surface area contributed by atoms with Gasteiger partial charge >= 0.3 is 0 Å². The van der Waals surface area contributed by atoms with Crippen LogP contribution in [0.15, 0.2) is 23.6 Å². The highest BCUT2D eigenvalue weighted by molar-refractivity contribution is 7.10. The van der Waals surface area contributed by atoms with Crippen molar-refractivity contribution < 1.29 is 4.79 Å². The Hall–Kier alpha value is -1.09. The Morgan fingerprint density at radius 1 is 1.50 bits per heavy atom. The van der Waals surface area contributed by atoms with E-state index < -0.39 is 0 Å². The van der Waals surface area contributed by atoms with Crippen LogP contribution in [0.1, 0.15) is 42.5 Å². The van der Waals surface area contributed by atoms with E-state index >= 15 is 0 Å². The van der Waals surface area contributed by atoms with E-state index in [-0.39, 0.29) is 5.91 Å². The zero-order valence-electron chi connectivity index (χ0n) is 11.0. The maximum atomic E-state index is 11.9. The summed E-state index contributed by atoms with van der Waals surface area (Å²) in [5.41, 5.74) is 2.64. The quantitative estimate of drug-likeness (QED) is 0.826. The van der Waals surface area contributed by atoms with E-state index in [1.54, 1.807) is 11.3 Å². The predicted octanol–water partition coefficient (Wildman–Crippen LogP) is 3.60. The molecule has 1 amide bonds. The Morgan fingerprint density at radius 3 is 2.83 bits per heavy atom. The molecule has 0 unspecified atom stereocenters. The van der Waals surface area contributed by atoms with Gasteiger partial charge < -0.3 is 5.32 Å². The van der Waals surface area contributed by atoms with Crippen molar-refractivity contribution in [2.45, 2.75) is 51.5 Å². The summed E-state index contributed by atoms with van der Waals surface area (Å²) in [5, 5.41) is 5.24. The first kappa shape index (κ1) is 13.3. The lowest BCUT2D eigenvalue weighted by atomic mass is 9.92. The summed E-state index contributed by atoms with van der Waals surface area (Å²) in [5.74, 6) is 0.195. The lowest BCUT2D eigenvalue weighted by Gasteiger charge is -2.24. The van der Waals surface area contributed by atoms with Crippen LogP contribution < -0.4 is 5.32 Å². The molecule has 0 aromatic carbocycles. The zero-order chi connectivity index (χ0) is 13.0. The van der Waals surface area contributed by atoms with E-state index in [4.69, 9.17) is 0 Å². The molecule has 0 saturated heterocycles. The van der Waals surface area contributed by atoms with Crippen LogP contribution in [0.4, 0.5) is 0 Å². The van der Waals surface area contributed by atoms with Gasteiger partial charge in [0.2, 0.25) is 5.91 Å². The van der Waals surface area contributed by atoms with Gasteiger partial charge in [0.1, 0.15) is 0 Å². The van der Waals surface area contributed by atoms with Gasteiger partial charge in [0.25, 0.3) is 0 Å². The summed E-state index contributed by atoms with van der Waals surface area (Å²) in [6.07, 6.45) is 5.72. The summed E-state index contributed by atoms with van der Waals surface area (Å²) in [4.78, 5) is 13.2. The molecule has 2 nitrogen and oxygen atoms in total. The Labute approximate surface area is 113 Å². The molecule has 0 bridgehead atoms. The Morgan fingerprint density at radius 2 is 2.22 bits per heavy atom. The predicted molar refractivity (Wildman–Crippen MR) is 76.9 cm³/mol. The Bertz CT molecular complexity index is 425. The second kappa shape index (κ2) is 6.19. The van der Waals surface area contributed by atoms with Crippen molar-refractivity contribution in [1.29, 1.82) is 0 Å². The number of allylic oxidation sites excluding steroid dienone is 1. The lowest BCUT2D eigenvalue weighted by molar-refractivity contribution is -0.121. The highest BCUT2D eigenvalue weighted by atomic mass is 32.1. The zero-order valence-corrected chi connectivity index (χ0v) is 11.8. The number of carbonyl (C=O) groups excluding carboxylic acids is 1. The van der Waals surface area contributed by atoms with Crippen molar-refractivity contribution in [2.75, 3.05) is 0 Å². The summed E-state index contributed by atoms with van der Waals surface area (Å²) in [6.45, 7) is 6.10. The maximum absolute atomic E-state index is 11.9. The minimum Gasteiger partial charge on any atom is -0.353 e. The monoisotopic (exact) mass is 263 g/mol. The third kappa shape index (κ3) is 3.70. The van der Waals surface area contributed by atoms with E-state index in [2.05, 4.69) is 30.3 Å². The molecule has 1 saturated carbocycles. The fourth-order valence-corrected chi connectivity index (χ4v) is 3.27. The van der Waals surface area contributed by atoms with Gasteiger partial charge in [0.05, 0.1) is 0 Å². The normalized spacial score (nSPS) is 16.8. The number of aryl methyl sites for hydroxylation is 2. The summed E-state index contributed by atoms with van der Waals surface area (Å²) >= 11 is 1.75. The molecule has 0 atom stereocenters. The summed E-state index contributed by atoms with van der Waals surface area (Å²) < 4.78 is 0. The SMILES string of the molecule is C=C1CCC(NC(=O)CCc2sccc2C)CC1. The molecule has 1 aromatic rings. The van der Waals surface area contributed by atoms with Crippen LogP contribution in [0.2, 0.25) is 0 Å². The number of hydrogen-bond acceptors (Lipinski definition) is 2. The molecular weight excluding hydrogens is 242 g/mol. The molecule has 0 spiro atoms. The van der Waals surface area contributed by atoms with E-state index in [0.717, 1.165) is 32.1 Å². The van der Waals surface area contributed by atoms with E-state index in [9.17, 15) is 4.79 Å². The van der Waals surface area contributed by atoms with Gasteiger partial charge in [-0.25, -0.2) is 0 Å². The van der Waals surface area contributed by atoms with Gasteiger partial charge in [0.15, 0.2) is 0 Å². The molecule has 1 fully saturated rings. The van der Waals surface area contributed by atoms with Gasteiger partial charge in [0, 0.05) is 17.3 Å². The first-order valence-electron chi connectivity index (χ1n) is 6.64. The Balaban J connectivity index is 1.72. The van der Waals surface area contributed by atoms with Crippen molar-refractivity contribution in [2.24, 2.45) is 0 Å². The largest absolute Gasteiger partial charge is 0.353 e. The van der Waals surface area contributed by atoms with Crippen LogP contribution in [-0.4, -0.2) is 11.9 Å². The molecule has 98 valence electrons. The number of hydrogen-bond donors (Lipinski definition) is 1. The molecule has 0 aliphatic heterocycles. The van der Waals surface area contributed by atoms with Crippen molar-refractivity contribution >= 4 is 17.2 Å². The Kier molecular flexibility index (Phi) is 4.59. The highest BCUT2D eigenvalue weighted by Crippen LogP contribution is 2.22. The van der Waals surface area contributed by atoms with Gasteiger partial charge in [-0.1, -0.05) is 12.2 Å². The van der Waals surface area contributed by atoms with Crippen LogP contribution in [0, 0.1) is 6.92 Å². The van der Waals surface area contributed by atoms with Crippen LogP contribution in [0.3, 0.4) is 0 Å². The van der Waals surface area contributed by atoms with Crippen LogP contribution in [0.25, 0.3) is 0 Å². The fraction of sp³-hybridized carbons (Fsp3) is 0.533. The van der Waals surface area contributed by atoms with Crippen molar-refractivity contribution in [3.05, 3.63) is 34.0 Å². The third-order valence-corrected chi connectivity index (χ3v) is 4.69. The molecule has 1 N–H and O–H groups in total. The van der Waals surface area contributed by atoms with Crippen LogP contribution >= 0.6 is 11.3 Å². The molecule has 18 heavy (non-hydrogen) atoms. The van der Waals surface area contributed by atoms with E-state index in [0.29, 0.717) is 12.5 Å². The number of amides is 1. The molecule has 1 aliphatic rings. The van der Waals surface area contributed by atoms with Crippen molar-refractivity contribution in [1.82, 2.24) is 5.32 Å². The summed E-state index contributed by atoms with van der Waals surface area (Å²) in [7, 11) is 0. The van der Waals surface area contributed by atoms with Gasteiger partial charge in [-0.3, -0.25) is 4.79 Å². The second-order valence-electron chi connectivity index (χ2n) is 5.12. The average molecular weight is 263 g/mol. The van der Waals surface area contributed by atoms with Gasteiger partial charge in [-0.15, -0.1) is 11.3 Å².